The van der Waals surface area contributed by atoms with Crippen LogP contribution in [0.15, 0.2) is 23.4 Å². The number of anilines is 1. The number of carbonyl (C=O) groups excluding carboxylic acids is 1. The highest BCUT2D eigenvalue weighted by molar-refractivity contribution is 7.99. The smallest absolute Gasteiger partial charge is 0.230 e. The molecule has 1 aliphatic heterocycles. The van der Waals surface area contributed by atoms with Crippen molar-refractivity contribution >= 4 is 46.8 Å². The highest BCUT2D eigenvalue weighted by Gasteiger charge is 2.20. The minimum absolute atomic E-state index is 0.0397. The normalized spacial score (nSPS) is 15.3. The third-order valence-electron chi connectivity index (χ3n) is 5.02. The molecule has 1 N–H and O–H groups in total. The number of nitrogens with zero attached hydrogens (tertiary/aromatic N) is 4. The van der Waals surface area contributed by atoms with Crippen molar-refractivity contribution in [2.24, 2.45) is 7.05 Å². The number of amides is 1. The molecule has 0 radical (unpaired) electrons. The first-order chi connectivity index (χ1) is 14.5. The van der Waals surface area contributed by atoms with Gasteiger partial charge in [0.25, 0.3) is 0 Å². The summed E-state index contributed by atoms with van der Waals surface area (Å²) in [6.45, 7) is 5.62. The maximum absolute atomic E-state index is 12.4. The second-order valence-corrected chi connectivity index (χ2v) is 8.97. The van der Waals surface area contributed by atoms with Gasteiger partial charge in [0.15, 0.2) is 5.16 Å². The van der Waals surface area contributed by atoms with Crippen LogP contribution in [0.1, 0.15) is 31.2 Å². The topological polar surface area (TPSA) is 72.3 Å². The zero-order valence-electron chi connectivity index (χ0n) is 17.2. The van der Waals surface area contributed by atoms with Gasteiger partial charge in [-0.3, -0.25) is 9.36 Å². The van der Waals surface area contributed by atoms with E-state index in [0.717, 1.165) is 42.6 Å². The molecule has 1 aliphatic rings. The molecule has 0 aliphatic carbocycles. The summed E-state index contributed by atoms with van der Waals surface area (Å²) in [6.07, 6.45) is 1.93. The van der Waals surface area contributed by atoms with Crippen molar-refractivity contribution in [3.05, 3.63) is 33.8 Å². The lowest BCUT2D eigenvalue weighted by molar-refractivity contribution is -0.118. The first-order valence-corrected chi connectivity index (χ1v) is 11.8. The van der Waals surface area contributed by atoms with Crippen LogP contribution in [0.5, 0.6) is 0 Å². The van der Waals surface area contributed by atoms with Gasteiger partial charge in [-0.25, -0.2) is 0 Å². The van der Waals surface area contributed by atoms with Crippen molar-refractivity contribution in [1.82, 2.24) is 20.1 Å². The molecule has 2 heterocycles. The minimum atomic E-state index is -0.0397. The van der Waals surface area contributed by atoms with Gasteiger partial charge in [-0.1, -0.05) is 54.4 Å². The van der Waals surface area contributed by atoms with E-state index in [1.165, 1.54) is 11.8 Å². The second kappa shape index (κ2) is 11.2. The van der Waals surface area contributed by atoms with Crippen molar-refractivity contribution in [1.29, 1.82) is 0 Å². The van der Waals surface area contributed by atoms with Gasteiger partial charge in [-0.15, -0.1) is 10.2 Å². The Morgan fingerprint density at radius 1 is 1.30 bits per heavy atom. The Labute approximate surface area is 191 Å². The van der Waals surface area contributed by atoms with Gasteiger partial charge in [-0.2, -0.15) is 0 Å². The fourth-order valence-electron chi connectivity index (χ4n) is 3.44. The molecule has 1 saturated heterocycles. The molecular formula is C20H27Cl2N5O2S. The SMILES string of the molecule is CCCC(CNC(=O)CSc1nnc(N2CCOCC2)n1C)c1ccc(Cl)cc1Cl. The number of hydrogen-bond donors (Lipinski definition) is 1. The van der Waals surface area contributed by atoms with Crippen molar-refractivity contribution in [2.75, 3.05) is 43.5 Å². The van der Waals surface area contributed by atoms with Gasteiger partial charge in [0.1, 0.15) is 0 Å². The van der Waals surface area contributed by atoms with E-state index in [-0.39, 0.29) is 17.6 Å². The first-order valence-electron chi connectivity index (χ1n) is 10.1. The molecular weight excluding hydrogens is 445 g/mol. The van der Waals surface area contributed by atoms with Gasteiger partial charge >= 0.3 is 0 Å². The van der Waals surface area contributed by atoms with Gasteiger partial charge in [0, 0.05) is 42.6 Å². The van der Waals surface area contributed by atoms with E-state index in [2.05, 4.69) is 27.3 Å². The molecule has 1 unspecified atom stereocenters. The fourth-order valence-corrected chi connectivity index (χ4v) is 4.74. The number of morpholine rings is 1. The third-order valence-corrected chi connectivity index (χ3v) is 6.61. The first kappa shape index (κ1) is 23.2. The van der Waals surface area contributed by atoms with E-state index < -0.39 is 0 Å². The van der Waals surface area contributed by atoms with E-state index in [0.29, 0.717) is 29.8 Å². The number of halogens is 2. The number of ether oxygens (including phenoxy) is 1. The molecule has 2 aromatic rings. The van der Waals surface area contributed by atoms with Crippen LogP contribution in [-0.4, -0.2) is 59.3 Å². The van der Waals surface area contributed by atoms with Crippen molar-refractivity contribution in [3.8, 4) is 0 Å². The predicted molar refractivity (Wildman–Crippen MR) is 122 cm³/mol. The molecule has 3 rings (SSSR count). The zero-order chi connectivity index (χ0) is 21.5. The number of rotatable bonds is 9. The lowest BCUT2D eigenvalue weighted by atomic mass is 9.94. The summed E-state index contributed by atoms with van der Waals surface area (Å²) in [6, 6.07) is 5.53. The summed E-state index contributed by atoms with van der Waals surface area (Å²) < 4.78 is 7.31. The van der Waals surface area contributed by atoms with Gasteiger partial charge in [-0.05, 0) is 24.1 Å². The largest absolute Gasteiger partial charge is 0.378 e. The molecule has 10 heteroatoms. The summed E-state index contributed by atoms with van der Waals surface area (Å²) in [5.74, 6) is 1.20. The number of carbonyl (C=O) groups is 1. The maximum Gasteiger partial charge on any atom is 0.230 e. The molecule has 0 bridgehead atoms. The fraction of sp³-hybridized carbons (Fsp3) is 0.550. The highest BCUT2D eigenvalue weighted by Crippen LogP contribution is 2.30. The Morgan fingerprint density at radius 2 is 2.07 bits per heavy atom. The summed E-state index contributed by atoms with van der Waals surface area (Å²) in [5.41, 5.74) is 1.01. The van der Waals surface area contributed by atoms with Crippen LogP contribution < -0.4 is 10.2 Å². The Morgan fingerprint density at radius 3 is 2.77 bits per heavy atom. The van der Waals surface area contributed by atoms with Gasteiger partial charge < -0.3 is 15.0 Å². The summed E-state index contributed by atoms with van der Waals surface area (Å²) in [7, 11) is 1.92. The third kappa shape index (κ3) is 6.03. The average Bonchev–Trinajstić information content (AvgIpc) is 3.11. The van der Waals surface area contributed by atoms with Crippen LogP contribution in [0.4, 0.5) is 5.95 Å². The van der Waals surface area contributed by atoms with Crippen molar-refractivity contribution in [3.63, 3.8) is 0 Å². The van der Waals surface area contributed by atoms with E-state index >= 15 is 0 Å². The van der Waals surface area contributed by atoms with E-state index in [1.54, 1.807) is 6.07 Å². The molecule has 164 valence electrons. The lowest BCUT2D eigenvalue weighted by Crippen LogP contribution is -2.37. The van der Waals surface area contributed by atoms with Crippen molar-refractivity contribution < 1.29 is 9.53 Å². The molecule has 30 heavy (non-hydrogen) atoms. The molecule has 0 spiro atoms. The number of hydrogen-bond acceptors (Lipinski definition) is 6. The Hall–Kier alpha value is -1.48. The quantitative estimate of drug-likeness (QED) is 0.561. The molecule has 0 saturated carbocycles. The van der Waals surface area contributed by atoms with E-state index in [4.69, 9.17) is 27.9 Å². The molecule has 1 aromatic heterocycles. The van der Waals surface area contributed by atoms with E-state index in [1.807, 2.05) is 23.7 Å². The Bertz CT molecular complexity index is 858. The number of nitrogens with one attached hydrogen (secondary N) is 1. The average molecular weight is 472 g/mol. The lowest BCUT2D eigenvalue weighted by Gasteiger charge is -2.27. The van der Waals surface area contributed by atoms with Crippen LogP contribution in [-0.2, 0) is 16.6 Å². The van der Waals surface area contributed by atoms with Crippen LogP contribution in [0.2, 0.25) is 10.0 Å². The minimum Gasteiger partial charge on any atom is -0.378 e. The highest BCUT2D eigenvalue weighted by atomic mass is 35.5. The monoisotopic (exact) mass is 471 g/mol. The molecule has 1 amide bonds. The van der Waals surface area contributed by atoms with Gasteiger partial charge in [0.05, 0.1) is 19.0 Å². The van der Waals surface area contributed by atoms with Gasteiger partial charge in [0.2, 0.25) is 11.9 Å². The predicted octanol–water partition coefficient (Wildman–Crippen LogP) is 3.75. The summed E-state index contributed by atoms with van der Waals surface area (Å²) >= 11 is 13.8. The Balaban J connectivity index is 1.53. The molecule has 1 atom stereocenters. The molecule has 7 nitrogen and oxygen atoms in total. The summed E-state index contributed by atoms with van der Waals surface area (Å²) in [4.78, 5) is 14.6. The van der Waals surface area contributed by atoms with Crippen LogP contribution in [0, 0.1) is 0 Å². The second-order valence-electron chi connectivity index (χ2n) is 7.19. The van der Waals surface area contributed by atoms with E-state index in [9.17, 15) is 4.79 Å². The molecule has 1 aromatic carbocycles. The number of aromatic nitrogens is 3. The maximum atomic E-state index is 12.4. The van der Waals surface area contributed by atoms with Crippen LogP contribution in [0.3, 0.4) is 0 Å². The number of thioether (sulfide) groups is 1. The summed E-state index contributed by atoms with van der Waals surface area (Å²) in [5, 5.41) is 13.5. The molecule has 1 fully saturated rings. The van der Waals surface area contributed by atoms with Crippen LogP contribution in [0.25, 0.3) is 0 Å². The zero-order valence-corrected chi connectivity index (χ0v) is 19.6. The standard InChI is InChI=1S/C20H27Cl2N5O2S/c1-3-4-14(16-6-5-15(21)11-17(16)22)12-23-18(28)13-30-20-25-24-19(26(20)2)27-7-9-29-10-8-27/h5-6,11,14H,3-4,7-10,12-13H2,1-2H3,(H,23,28). The van der Waals surface area contributed by atoms with Crippen molar-refractivity contribution in [2.45, 2.75) is 30.8 Å². The number of benzene rings is 1. The van der Waals surface area contributed by atoms with Crippen LogP contribution >= 0.6 is 35.0 Å². The Kier molecular flexibility index (Phi) is 8.68.